The van der Waals surface area contributed by atoms with Crippen LogP contribution in [0.3, 0.4) is 0 Å². The molecule has 1 nitrogen and oxygen atoms in total. The van der Waals surface area contributed by atoms with E-state index in [1.165, 1.54) is 28.8 Å². The van der Waals surface area contributed by atoms with E-state index in [9.17, 15) is 0 Å². The van der Waals surface area contributed by atoms with Crippen LogP contribution in [-0.4, -0.2) is 4.98 Å². The number of rotatable bonds is 6. The Morgan fingerprint density at radius 2 is 1.89 bits per heavy atom. The minimum absolute atomic E-state index is 0.438. The fourth-order valence-corrected chi connectivity index (χ4v) is 2.71. The molecule has 1 aromatic rings. The molecule has 0 radical (unpaired) electrons. The highest BCUT2D eigenvalue weighted by Gasteiger charge is 2.20. The summed E-state index contributed by atoms with van der Waals surface area (Å²) in [4.78, 5) is 4.60. The van der Waals surface area contributed by atoms with Crippen LogP contribution in [0.5, 0.6) is 0 Å². The van der Waals surface area contributed by atoms with Gasteiger partial charge in [0.05, 0.1) is 0 Å². The van der Waals surface area contributed by atoms with Gasteiger partial charge in [0.2, 0.25) is 0 Å². The van der Waals surface area contributed by atoms with Crippen LogP contribution in [0, 0.1) is 6.92 Å². The van der Waals surface area contributed by atoms with Gasteiger partial charge in [0.1, 0.15) is 0 Å². The first-order chi connectivity index (χ1) is 8.60. The lowest BCUT2D eigenvalue weighted by atomic mass is 9.82. The molecule has 1 heterocycles. The van der Waals surface area contributed by atoms with Crippen LogP contribution < -0.4 is 0 Å². The van der Waals surface area contributed by atoms with Crippen molar-refractivity contribution < 1.29 is 0 Å². The second-order valence-corrected chi connectivity index (χ2v) is 5.11. The van der Waals surface area contributed by atoms with E-state index in [1.807, 2.05) is 0 Å². The lowest BCUT2D eigenvalue weighted by Crippen LogP contribution is -2.10. The van der Waals surface area contributed by atoms with Gasteiger partial charge in [-0.2, -0.15) is 0 Å². The van der Waals surface area contributed by atoms with Crippen LogP contribution in [0.15, 0.2) is 18.9 Å². The van der Waals surface area contributed by atoms with Gasteiger partial charge in [-0.15, -0.1) is 6.58 Å². The van der Waals surface area contributed by atoms with Crippen molar-refractivity contribution in [3.05, 3.63) is 41.2 Å². The first-order valence-corrected chi connectivity index (χ1v) is 7.21. The smallest absolute Gasteiger partial charge is 0.0413 e. The first kappa shape index (κ1) is 14.9. The van der Waals surface area contributed by atoms with E-state index in [-0.39, 0.29) is 0 Å². The summed E-state index contributed by atoms with van der Waals surface area (Å²) in [5.74, 6) is 1.04. The van der Waals surface area contributed by atoms with Crippen molar-refractivity contribution >= 4 is 0 Å². The van der Waals surface area contributed by atoms with Gasteiger partial charge in [-0.1, -0.05) is 33.8 Å². The maximum atomic E-state index is 4.60. The highest BCUT2D eigenvalue weighted by atomic mass is 14.7. The van der Waals surface area contributed by atoms with Gasteiger partial charge in [0.25, 0.3) is 0 Å². The Bertz CT molecular complexity index is 406. The fourth-order valence-electron chi connectivity index (χ4n) is 2.71. The van der Waals surface area contributed by atoms with Crippen LogP contribution in [0.4, 0.5) is 0 Å². The van der Waals surface area contributed by atoms with Crippen molar-refractivity contribution in [1.29, 1.82) is 0 Å². The number of allylic oxidation sites excluding steroid dienone is 1. The average Bonchev–Trinajstić information content (AvgIpc) is 2.40. The summed E-state index contributed by atoms with van der Waals surface area (Å²) in [6.07, 6.45) is 7.48. The molecule has 0 aromatic carbocycles. The summed E-state index contributed by atoms with van der Waals surface area (Å²) in [6.45, 7) is 15.2. The van der Waals surface area contributed by atoms with Gasteiger partial charge < -0.3 is 0 Å². The maximum Gasteiger partial charge on any atom is 0.0413 e. The maximum absolute atomic E-state index is 4.60. The molecule has 1 rings (SSSR count). The lowest BCUT2D eigenvalue weighted by molar-refractivity contribution is 0.683. The summed E-state index contributed by atoms with van der Waals surface area (Å²) < 4.78 is 0. The second-order valence-electron chi connectivity index (χ2n) is 5.11. The van der Waals surface area contributed by atoms with Gasteiger partial charge in [-0.25, -0.2) is 0 Å². The van der Waals surface area contributed by atoms with E-state index in [1.54, 1.807) is 0 Å². The van der Waals surface area contributed by atoms with E-state index in [0.29, 0.717) is 11.8 Å². The molecule has 0 aliphatic carbocycles. The van der Waals surface area contributed by atoms with Crippen molar-refractivity contribution in [2.45, 2.75) is 65.7 Å². The van der Waals surface area contributed by atoms with Gasteiger partial charge in [-0.05, 0) is 48.8 Å². The quantitative estimate of drug-likeness (QED) is 0.632. The monoisotopic (exact) mass is 245 g/mol. The van der Waals surface area contributed by atoms with Gasteiger partial charge in [0, 0.05) is 17.8 Å². The van der Waals surface area contributed by atoms with Crippen LogP contribution in [0.1, 0.15) is 74.8 Å². The lowest BCUT2D eigenvalue weighted by Gasteiger charge is -2.24. The van der Waals surface area contributed by atoms with E-state index < -0.39 is 0 Å². The van der Waals surface area contributed by atoms with E-state index >= 15 is 0 Å². The van der Waals surface area contributed by atoms with Crippen LogP contribution >= 0.6 is 0 Å². The van der Waals surface area contributed by atoms with Gasteiger partial charge in [-0.3, -0.25) is 4.98 Å². The van der Waals surface area contributed by atoms with Crippen molar-refractivity contribution in [2.24, 2.45) is 0 Å². The van der Waals surface area contributed by atoms with Crippen molar-refractivity contribution in [3.63, 3.8) is 0 Å². The minimum atomic E-state index is 0.438. The van der Waals surface area contributed by atoms with Gasteiger partial charge in [0.15, 0.2) is 0 Å². The SMILES string of the molecule is C=CC(CC)c1c(C)ncc(CC)c1C(C)CC. The normalized spacial score (nSPS) is 14.3. The molecule has 0 N–H and O–H groups in total. The summed E-state index contributed by atoms with van der Waals surface area (Å²) in [5.41, 5.74) is 5.54. The Labute approximate surface area is 112 Å². The molecule has 0 amide bonds. The molecular weight excluding hydrogens is 218 g/mol. The zero-order valence-corrected chi connectivity index (χ0v) is 12.6. The predicted molar refractivity (Wildman–Crippen MR) is 80.3 cm³/mol. The molecule has 0 saturated carbocycles. The highest BCUT2D eigenvalue weighted by Crippen LogP contribution is 2.35. The van der Waals surface area contributed by atoms with Crippen LogP contribution in [-0.2, 0) is 6.42 Å². The third kappa shape index (κ3) is 2.82. The Hall–Kier alpha value is -1.11. The summed E-state index contributed by atoms with van der Waals surface area (Å²) in [7, 11) is 0. The topological polar surface area (TPSA) is 12.9 Å². The average molecular weight is 245 g/mol. The summed E-state index contributed by atoms with van der Waals surface area (Å²) >= 11 is 0. The zero-order chi connectivity index (χ0) is 13.7. The molecule has 0 spiro atoms. The molecule has 1 heteroatoms. The standard InChI is InChI=1S/C17H27N/c1-7-12(5)16-15(10-4)11-18-13(6)17(16)14(8-2)9-3/h8,11-12,14H,2,7,9-10H2,1,3-6H3. The molecule has 0 fully saturated rings. The molecule has 2 unspecified atom stereocenters. The summed E-state index contributed by atoms with van der Waals surface area (Å²) in [6, 6.07) is 0. The number of hydrogen-bond acceptors (Lipinski definition) is 1. The molecular formula is C17H27N. The molecule has 18 heavy (non-hydrogen) atoms. The molecule has 0 aliphatic heterocycles. The number of aryl methyl sites for hydroxylation is 2. The number of nitrogens with zero attached hydrogens (tertiary/aromatic N) is 1. The van der Waals surface area contributed by atoms with Gasteiger partial charge >= 0.3 is 0 Å². The third-order valence-corrected chi connectivity index (χ3v) is 4.02. The Morgan fingerprint density at radius 1 is 1.22 bits per heavy atom. The molecule has 0 saturated heterocycles. The molecule has 2 atom stereocenters. The number of aromatic nitrogens is 1. The largest absolute Gasteiger partial charge is 0.261 e. The van der Waals surface area contributed by atoms with E-state index in [4.69, 9.17) is 0 Å². The predicted octanol–water partition coefficient (Wildman–Crippen LogP) is 5.15. The second kappa shape index (κ2) is 6.72. The molecule has 100 valence electrons. The molecule has 0 aliphatic rings. The summed E-state index contributed by atoms with van der Waals surface area (Å²) in [5, 5.41) is 0. The van der Waals surface area contributed by atoms with E-state index in [0.717, 1.165) is 12.8 Å². The Morgan fingerprint density at radius 3 is 2.33 bits per heavy atom. The highest BCUT2D eigenvalue weighted by molar-refractivity contribution is 5.42. The third-order valence-electron chi connectivity index (χ3n) is 4.02. The number of pyridine rings is 1. The molecule has 1 aromatic heterocycles. The van der Waals surface area contributed by atoms with Crippen LogP contribution in [0.25, 0.3) is 0 Å². The van der Waals surface area contributed by atoms with Crippen LogP contribution in [0.2, 0.25) is 0 Å². The van der Waals surface area contributed by atoms with Crippen molar-refractivity contribution in [2.75, 3.05) is 0 Å². The number of hydrogen-bond donors (Lipinski definition) is 0. The molecule has 0 bridgehead atoms. The van der Waals surface area contributed by atoms with E-state index in [2.05, 4.69) is 58.5 Å². The Balaban J connectivity index is 3.49. The minimum Gasteiger partial charge on any atom is -0.261 e. The Kier molecular flexibility index (Phi) is 5.58. The first-order valence-electron chi connectivity index (χ1n) is 7.21. The zero-order valence-electron chi connectivity index (χ0n) is 12.6. The van der Waals surface area contributed by atoms with Crippen molar-refractivity contribution in [3.8, 4) is 0 Å². The fraction of sp³-hybridized carbons (Fsp3) is 0.588. The van der Waals surface area contributed by atoms with Crippen molar-refractivity contribution in [1.82, 2.24) is 4.98 Å².